The van der Waals surface area contributed by atoms with E-state index >= 15 is 0 Å². The van der Waals surface area contributed by atoms with Gasteiger partial charge in [-0.1, -0.05) is 42.5 Å². The van der Waals surface area contributed by atoms with E-state index in [2.05, 4.69) is 128 Å². The smallest absolute Gasteiger partial charge is 0.118 e. The number of hydrogen-bond acceptors (Lipinski definition) is 5. The van der Waals surface area contributed by atoms with Gasteiger partial charge < -0.3 is 4.90 Å². The lowest BCUT2D eigenvalue weighted by atomic mass is 9.77. The number of hydrogen-bond donors (Lipinski definition) is 0. The van der Waals surface area contributed by atoms with Gasteiger partial charge in [0.2, 0.25) is 0 Å². The zero-order valence-electron chi connectivity index (χ0n) is 21.2. The second-order valence-corrected chi connectivity index (χ2v) is 9.58. The van der Waals surface area contributed by atoms with Gasteiger partial charge in [0.1, 0.15) is 11.1 Å². The van der Waals surface area contributed by atoms with E-state index in [9.17, 15) is 0 Å². The van der Waals surface area contributed by atoms with Gasteiger partial charge in [-0.2, -0.15) is 0 Å². The summed E-state index contributed by atoms with van der Waals surface area (Å²) in [6.45, 7) is 0. The minimum atomic E-state index is -0.712. The van der Waals surface area contributed by atoms with Gasteiger partial charge in [0.05, 0.1) is 0 Å². The van der Waals surface area contributed by atoms with Gasteiger partial charge in [-0.3, -0.25) is 19.9 Å². The summed E-state index contributed by atoms with van der Waals surface area (Å²) in [6, 6.07) is 36.5. The monoisotopic (exact) mass is 503 g/mol. The summed E-state index contributed by atoms with van der Waals surface area (Å²) < 4.78 is 0. The van der Waals surface area contributed by atoms with Crippen molar-refractivity contribution in [3.05, 3.63) is 186 Å². The van der Waals surface area contributed by atoms with Crippen molar-refractivity contribution in [1.82, 2.24) is 19.9 Å². The van der Waals surface area contributed by atoms with Crippen molar-refractivity contribution >= 4 is 5.69 Å². The van der Waals surface area contributed by atoms with Crippen molar-refractivity contribution < 1.29 is 0 Å². The summed E-state index contributed by atoms with van der Waals surface area (Å²) in [6.07, 6.45) is 15.0. The van der Waals surface area contributed by atoms with Crippen molar-refractivity contribution in [3.63, 3.8) is 0 Å². The fraction of sp³-hybridized carbons (Fsp3) is 0.0588. The summed E-state index contributed by atoms with van der Waals surface area (Å²) in [7, 11) is 0. The molecule has 0 unspecified atom stereocenters. The lowest BCUT2D eigenvalue weighted by Crippen LogP contribution is -2.54. The van der Waals surface area contributed by atoms with Crippen LogP contribution in [0.4, 0.5) is 5.69 Å². The van der Waals surface area contributed by atoms with Gasteiger partial charge in [0, 0.05) is 55.3 Å². The molecule has 6 aromatic rings. The van der Waals surface area contributed by atoms with Gasteiger partial charge in [0.25, 0.3) is 0 Å². The van der Waals surface area contributed by atoms with E-state index in [1.165, 1.54) is 11.1 Å². The summed E-state index contributed by atoms with van der Waals surface area (Å²) in [5, 5.41) is 0. The zero-order chi connectivity index (χ0) is 26.1. The molecule has 0 fully saturated rings. The number of anilines is 1. The largest absolute Gasteiger partial charge is 0.336 e. The van der Waals surface area contributed by atoms with Gasteiger partial charge in [-0.25, -0.2) is 0 Å². The number of fused-ring (bicyclic) bond motifs is 1. The van der Waals surface area contributed by atoms with E-state index < -0.39 is 11.1 Å². The first kappa shape index (κ1) is 23.0. The van der Waals surface area contributed by atoms with E-state index in [0.717, 1.165) is 27.9 Å². The average molecular weight is 504 g/mol. The Balaban J connectivity index is 1.74. The number of pyridine rings is 4. The molecule has 7 rings (SSSR count). The molecule has 1 aliphatic rings. The molecule has 0 saturated carbocycles. The van der Waals surface area contributed by atoms with Crippen LogP contribution < -0.4 is 4.90 Å². The first-order chi connectivity index (χ1) is 19.4. The Kier molecular flexibility index (Phi) is 5.48. The molecule has 0 radical (unpaired) electrons. The number of nitrogens with zero attached hydrogens (tertiary/aromatic N) is 5. The molecule has 39 heavy (non-hydrogen) atoms. The maximum absolute atomic E-state index is 4.40. The Morgan fingerprint density at radius 3 is 1.00 bits per heavy atom. The Hall–Kier alpha value is -5.16. The standard InChI is InChI=1S/C34H25N5/c1-2-6-30(7-3-1)39-33(26-10-18-35-19-11-26,27-12-20-36-21-13-27)31-8-4-5-9-32(31)34(39,28-14-22-37-23-15-28)29-16-24-38-25-17-29/h1-25H. The molecular weight excluding hydrogens is 478 g/mol. The molecule has 2 aromatic carbocycles. The minimum absolute atomic E-state index is 0.712. The molecule has 186 valence electrons. The molecule has 0 aliphatic carbocycles. The Labute approximate surface area is 227 Å². The molecule has 0 amide bonds. The molecule has 4 aromatic heterocycles. The Morgan fingerprint density at radius 1 is 0.359 bits per heavy atom. The molecule has 0 N–H and O–H groups in total. The lowest BCUT2D eigenvalue weighted by molar-refractivity contribution is 0.495. The van der Waals surface area contributed by atoms with Crippen LogP contribution in [-0.2, 0) is 11.1 Å². The van der Waals surface area contributed by atoms with E-state index in [1.807, 2.05) is 49.6 Å². The van der Waals surface area contributed by atoms with Crippen molar-refractivity contribution in [1.29, 1.82) is 0 Å². The van der Waals surface area contributed by atoms with Gasteiger partial charge in [0.15, 0.2) is 0 Å². The highest BCUT2D eigenvalue weighted by atomic mass is 15.3. The maximum Gasteiger partial charge on any atom is 0.118 e. The second kappa shape index (κ2) is 9.30. The van der Waals surface area contributed by atoms with Gasteiger partial charge in [-0.05, 0) is 94.0 Å². The number of para-hydroxylation sites is 1. The third-order valence-electron chi connectivity index (χ3n) is 7.78. The molecule has 0 spiro atoms. The van der Waals surface area contributed by atoms with Crippen LogP contribution in [0, 0.1) is 0 Å². The SMILES string of the molecule is c1ccc(N2C(c3ccncc3)(c3ccncc3)c3ccccc3C2(c2ccncc2)c2ccncc2)cc1. The van der Waals surface area contributed by atoms with Crippen molar-refractivity contribution in [2.45, 2.75) is 11.1 Å². The average Bonchev–Trinajstić information content (AvgIpc) is 3.32. The first-order valence-corrected chi connectivity index (χ1v) is 13.0. The highest BCUT2D eigenvalue weighted by Crippen LogP contribution is 2.62. The zero-order valence-corrected chi connectivity index (χ0v) is 21.2. The maximum atomic E-state index is 4.40. The molecule has 0 bridgehead atoms. The normalized spacial score (nSPS) is 15.0. The Bertz CT molecular complexity index is 1500. The quantitative estimate of drug-likeness (QED) is 0.274. The molecule has 5 nitrogen and oxygen atoms in total. The fourth-order valence-corrected chi connectivity index (χ4v) is 6.42. The third kappa shape index (κ3) is 3.26. The van der Waals surface area contributed by atoms with Crippen LogP contribution in [0.5, 0.6) is 0 Å². The Morgan fingerprint density at radius 2 is 0.667 bits per heavy atom. The molecule has 5 heterocycles. The summed E-state index contributed by atoms with van der Waals surface area (Å²) in [5.74, 6) is 0. The van der Waals surface area contributed by atoms with Crippen LogP contribution in [0.15, 0.2) is 153 Å². The highest BCUT2D eigenvalue weighted by molar-refractivity contribution is 5.77. The number of benzene rings is 2. The van der Waals surface area contributed by atoms with Gasteiger partial charge in [-0.15, -0.1) is 0 Å². The minimum Gasteiger partial charge on any atom is -0.336 e. The van der Waals surface area contributed by atoms with Crippen LogP contribution in [0.2, 0.25) is 0 Å². The molecule has 0 atom stereocenters. The van der Waals surface area contributed by atoms with Crippen LogP contribution in [0.1, 0.15) is 33.4 Å². The van der Waals surface area contributed by atoms with Crippen LogP contribution in [0.3, 0.4) is 0 Å². The van der Waals surface area contributed by atoms with Crippen molar-refractivity contribution in [2.24, 2.45) is 0 Å². The van der Waals surface area contributed by atoms with Crippen LogP contribution >= 0.6 is 0 Å². The highest BCUT2D eigenvalue weighted by Gasteiger charge is 2.61. The predicted octanol–water partition coefficient (Wildman–Crippen LogP) is 6.37. The molecule has 0 saturated heterocycles. The van der Waals surface area contributed by atoms with Crippen molar-refractivity contribution in [3.8, 4) is 0 Å². The first-order valence-electron chi connectivity index (χ1n) is 13.0. The van der Waals surface area contributed by atoms with Crippen LogP contribution in [0.25, 0.3) is 0 Å². The van der Waals surface area contributed by atoms with Crippen molar-refractivity contribution in [2.75, 3.05) is 4.90 Å². The number of rotatable bonds is 5. The summed E-state index contributed by atoms with van der Waals surface area (Å²) >= 11 is 0. The topological polar surface area (TPSA) is 54.8 Å². The van der Waals surface area contributed by atoms with Gasteiger partial charge >= 0.3 is 0 Å². The molecular formula is C34H25N5. The van der Waals surface area contributed by atoms with Crippen LogP contribution in [-0.4, -0.2) is 19.9 Å². The van der Waals surface area contributed by atoms with E-state index in [1.54, 1.807) is 0 Å². The van der Waals surface area contributed by atoms with E-state index in [-0.39, 0.29) is 0 Å². The lowest BCUT2D eigenvalue weighted by Gasteiger charge is -2.50. The van der Waals surface area contributed by atoms with E-state index in [0.29, 0.717) is 0 Å². The molecule has 5 heteroatoms. The number of aromatic nitrogens is 4. The third-order valence-corrected chi connectivity index (χ3v) is 7.78. The summed E-state index contributed by atoms with van der Waals surface area (Å²) in [5.41, 5.74) is 6.51. The summed E-state index contributed by atoms with van der Waals surface area (Å²) in [4.78, 5) is 20.2. The second-order valence-electron chi connectivity index (χ2n) is 9.58. The predicted molar refractivity (Wildman–Crippen MR) is 152 cm³/mol. The van der Waals surface area contributed by atoms with E-state index in [4.69, 9.17) is 0 Å². The molecule has 1 aliphatic heterocycles. The fourth-order valence-electron chi connectivity index (χ4n) is 6.42.